The van der Waals surface area contributed by atoms with Crippen molar-refractivity contribution >= 4 is 11.8 Å². The number of carbonyl (C=O) groups is 2. The fraction of sp³-hybridized carbons (Fsp3) is 0.643. The zero-order valence-corrected chi connectivity index (χ0v) is 12.5. The Kier molecular flexibility index (Phi) is 4.95. The predicted molar refractivity (Wildman–Crippen MR) is 76.8 cm³/mol. The van der Waals surface area contributed by atoms with Crippen molar-refractivity contribution < 1.29 is 14.3 Å². The molecule has 0 aliphatic carbocycles. The van der Waals surface area contributed by atoms with Crippen LogP contribution < -0.4 is 5.32 Å². The highest BCUT2D eigenvalue weighted by Crippen LogP contribution is 2.29. The van der Waals surface area contributed by atoms with E-state index < -0.39 is 5.60 Å². The number of nitrogens with zero attached hydrogens (tertiary/aromatic N) is 2. The number of piperidine rings is 1. The molecular weight excluding hydrogens is 272 g/mol. The molecule has 1 saturated heterocycles. The largest absolute Gasteiger partial charge is 0.376 e. The average molecular weight is 294 g/mol. The zero-order chi connectivity index (χ0) is 15.3. The maximum Gasteiger partial charge on any atom is 0.272 e. The van der Waals surface area contributed by atoms with Crippen LogP contribution in [0.3, 0.4) is 0 Å². The Labute approximate surface area is 124 Å². The van der Waals surface area contributed by atoms with Crippen molar-refractivity contribution in [3.63, 3.8) is 0 Å². The lowest BCUT2D eigenvalue weighted by molar-refractivity contribution is -0.123. The minimum absolute atomic E-state index is 0.0107. The number of hydrogen-bond acceptors (Lipinski definition) is 4. The molecular formula is C14H22N4O3. The topological polar surface area (TPSA) is 87.3 Å². The lowest BCUT2D eigenvalue weighted by atomic mass is 9.87. The van der Waals surface area contributed by atoms with Crippen molar-refractivity contribution in [3.8, 4) is 0 Å². The first-order valence-corrected chi connectivity index (χ1v) is 7.13. The average Bonchev–Trinajstić information content (AvgIpc) is 3.06. The Hall–Kier alpha value is -1.89. The van der Waals surface area contributed by atoms with Gasteiger partial charge in [-0.1, -0.05) is 0 Å². The van der Waals surface area contributed by atoms with E-state index in [2.05, 4.69) is 15.3 Å². The monoisotopic (exact) mass is 294 g/mol. The van der Waals surface area contributed by atoms with E-state index in [1.807, 2.05) is 0 Å². The first-order chi connectivity index (χ1) is 10.1. The van der Waals surface area contributed by atoms with E-state index in [-0.39, 0.29) is 11.8 Å². The Bertz CT molecular complexity index is 488. The molecule has 2 N–H and O–H groups in total. The molecule has 0 aromatic carbocycles. The van der Waals surface area contributed by atoms with Gasteiger partial charge < -0.3 is 19.9 Å². The number of imidazole rings is 1. The number of aromatic amines is 1. The molecule has 1 aromatic heterocycles. The van der Waals surface area contributed by atoms with Crippen LogP contribution >= 0.6 is 0 Å². The van der Waals surface area contributed by atoms with E-state index in [0.29, 0.717) is 31.6 Å². The number of aromatic nitrogens is 2. The summed E-state index contributed by atoms with van der Waals surface area (Å²) in [7, 11) is 3.27. The fourth-order valence-corrected chi connectivity index (χ4v) is 2.75. The number of hydrogen-bond donors (Lipinski definition) is 2. The van der Waals surface area contributed by atoms with Gasteiger partial charge in [0.2, 0.25) is 5.91 Å². The highest BCUT2D eigenvalue weighted by atomic mass is 16.5. The van der Waals surface area contributed by atoms with Crippen LogP contribution in [0.15, 0.2) is 12.5 Å². The molecule has 7 nitrogen and oxygen atoms in total. The van der Waals surface area contributed by atoms with Gasteiger partial charge >= 0.3 is 0 Å². The summed E-state index contributed by atoms with van der Waals surface area (Å²) in [4.78, 5) is 32.3. The second-order valence-electron chi connectivity index (χ2n) is 5.36. The lowest BCUT2D eigenvalue weighted by Crippen LogP contribution is -2.51. The number of methoxy groups -OCH3 is 1. The zero-order valence-electron chi connectivity index (χ0n) is 12.5. The van der Waals surface area contributed by atoms with Crippen LogP contribution in [0.4, 0.5) is 0 Å². The molecule has 1 aromatic rings. The molecule has 0 unspecified atom stereocenters. The van der Waals surface area contributed by atoms with E-state index in [1.54, 1.807) is 19.1 Å². The molecule has 0 radical (unpaired) electrons. The van der Waals surface area contributed by atoms with Crippen LogP contribution in [-0.2, 0) is 9.53 Å². The van der Waals surface area contributed by atoms with E-state index in [0.717, 1.165) is 12.8 Å². The van der Waals surface area contributed by atoms with Gasteiger partial charge in [0.15, 0.2) is 0 Å². The lowest BCUT2D eigenvalue weighted by Gasteiger charge is -2.41. The van der Waals surface area contributed by atoms with Gasteiger partial charge in [-0.05, 0) is 19.3 Å². The second kappa shape index (κ2) is 6.71. The van der Waals surface area contributed by atoms with Gasteiger partial charge in [0.1, 0.15) is 5.69 Å². The molecule has 0 spiro atoms. The van der Waals surface area contributed by atoms with Gasteiger partial charge in [-0.15, -0.1) is 0 Å². The fourth-order valence-electron chi connectivity index (χ4n) is 2.75. The molecule has 0 bridgehead atoms. The van der Waals surface area contributed by atoms with Crippen molar-refractivity contribution in [1.82, 2.24) is 20.2 Å². The van der Waals surface area contributed by atoms with Crippen molar-refractivity contribution in [2.45, 2.75) is 31.3 Å². The molecule has 7 heteroatoms. The molecule has 21 heavy (non-hydrogen) atoms. The number of rotatable bonds is 5. The summed E-state index contributed by atoms with van der Waals surface area (Å²) < 4.78 is 5.67. The molecule has 1 aliphatic rings. The summed E-state index contributed by atoms with van der Waals surface area (Å²) >= 11 is 0. The molecule has 2 rings (SSSR count). The maximum absolute atomic E-state index is 12.4. The normalized spacial score (nSPS) is 22.1. The smallest absolute Gasteiger partial charge is 0.272 e. The summed E-state index contributed by atoms with van der Waals surface area (Å²) in [6.07, 6.45) is 5.74. The van der Waals surface area contributed by atoms with Gasteiger partial charge in [0.25, 0.3) is 5.91 Å². The van der Waals surface area contributed by atoms with Crippen LogP contribution in [0.1, 0.15) is 36.2 Å². The summed E-state index contributed by atoms with van der Waals surface area (Å²) in [5.74, 6) is -0.0861. The third-order valence-electron chi connectivity index (χ3n) is 4.07. The molecule has 1 aliphatic heterocycles. The molecule has 1 fully saturated rings. The van der Waals surface area contributed by atoms with Crippen LogP contribution in [0.2, 0.25) is 0 Å². The van der Waals surface area contributed by atoms with Crippen LogP contribution in [-0.4, -0.2) is 59.5 Å². The Morgan fingerprint density at radius 3 is 3.00 bits per heavy atom. The van der Waals surface area contributed by atoms with Crippen LogP contribution in [0, 0.1) is 0 Å². The number of carbonyl (C=O) groups excluding carboxylic acids is 2. The quantitative estimate of drug-likeness (QED) is 0.830. The SMILES string of the molecule is CNC(=O)CC[C@@]1(OC)CCCN(C(=O)c2cnc[nH]2)C1. The minimum atomic E-state index is -0.444. The number of likely N-dealkylation sites (tertiary alicyclic amines) is 1. The van der Waals surface area contributed by atoms with Gasteiger partial charge in [0.05, 0.1) is 24.7 Å². The second-order valence-corrected chi connectivity index (χ2v) is 5.36. The number of H-pyrrole nitrogens is 1. The summed E-state index contributed by atoms with van der Waals surface area (Å²) in [5.41, 5.74) is 0.0358. The third-order valence-corrected chi connectivity index (χ3v) is 4.07. The van der Waals surface area contributed by atoms with Gasteiger partial charge in [-0.2, -0.15) is 0 Å². The summed E-state index contributed by atoms with van der Waals surface area (Å²) in [6, 6.07) is 0. The van der Waals surface area contributed by atoms with Crippen molar-refractivity contribution in [1.29, 1.82) is 0 Å². The van der Waals surface area contributed by atoms with Crippen LogP contribution in [0.25, 0.3) is 0 Å². The van der Waals surface area contributed by atoms with Gasteiger partial charge in [-0.25, -0.2) is 4.98 Å². The van der Waals surface area contributed by atoms with Crippen molar-refractivity contribution in [3.05, 3.63) is 18.2 Å². The summed E-state index contributed by atoms with van der Waals surface area (Å²) in [5, 5.41) is 2.61. The minimum Gasteiger partial charge on any atom is -0.376 e. The standard InChI is InChI=1S/C14H22N4O3/c1-15-12(19)4-6-14(21-2)5-3-7-18(9-14)13(20)11-8-16-10-17-11/h8,10H,3-7,9H2,1-2H3,(H,15,19)(H,16,17)/t14-/m0/s1. The van der Waals surface area contributed by atoms with Crippen molar-refractivity contribution in [2.24, 2.45) is 0 Å². The molecule has 2 heterocycles. The highest BCUT2D eigenvalue weighted by molar-refractivity contribution is 5.92. The van der Waals surface area contributed by atoms with Gasteiger partial charge in [-0.3, -0.25) is 9.59 Å². The first kappa shape index (κ1) is 15.5. The summed E-state index contributed by atoms with van der Waals surface area (Å²) in [6.45, 7) is 1.20. The molecule has 0 saturated carbocycles. The Morgan fingerprint density at radius 2 is 2.38 bits per heavy atom. The van der Waals surface area contributed by atoms with Crippen LogP contribution in [0.5, 0.6) is 0 Å². The molecule has 1 atom stereocenters. The Morgan fingerprint density at radius 1 is 1.57 bits per heavy atom. The highest BCUT2D eigenvalue weighted by Gasteiger charge is 2.37. The number of ether oxygens (including phenoxy) is 1. The third kappa shape index (κ3) is 3.60. The van der Waals surface area contributed by atoms with E-state index in [9.17, 15) is 9.59 Å². The number of nitrogens with one attached hydrogen (secondary N) is 2. The van der Waals surface area contributed by atoms with E-state index in [1.165, 1.54) is 12.5 Å². The predicted octanol–water partition coefficient (Wildman–Crippen LogP) is 0.557. The number of amides is 2. The Balaban J connectivity index is 2.03. The first-order valence-electron chi connectivity index (χ1n) is 7.13. The molecule has 2 amide bonds. The van der Waals surface area contributed by atoms with Gasteiger partial charge in [0, 0.05) is 27.1 Å². The van der Waals surface area contributed by atoms with E-state index >= 15 is 0 Å². The maximum atomic E-state index is 12.4. The molecule has 116 valence electrons. The van der Waals surface area contributed by atoms with Crippen molar-refractivity contribution in [2.75, 3.05) is 27.2 Å². The van der Waals surface area contributed by atoms with E-state index in [4.69, 9.17) is 4.74 Å².